The Kier molecular flexibility index (Phi) is 2.13. The molecule has 2 heteroatoms. The smallest absolute Gasteiger partial charge is 0.168 e. The summed E-state index contributed by atoms with van der Waals surface area (Å²) in [5.41, 5.74) is 0. The maximum atomic E-state index is 5.82. The van der Waals surface area contributed by atoms with Crippen LogP contribution < -0.4 is 0 Å². The molecule has 0 radical (unpaired) electrons. The molecule has 1 atom stereocenters. The molecular weight excluding hydrogens is 152 g/mol. The average Bonchev–Trinajstić information content (AvgIpc) is 2.40. The summed E-state index contributed by atoms with van der Waals surface area (Å²) >= 11 is 0. The Morgan fingerprint density at radius 3 is 2.33 bits per heavy atom. The highest BCUT2D eigenvalue weighted by atomic mass is 16.7. The highest BCUT2D eigenvalue weighted by molar-refractivity contribution is 4.82. The monoisotopic (exact) mass is 170 g/mol. The summed E-state index contributed by atoms with van der Waals surface area (Å²) in [5.74, 6) is 0.685. The van der Waals surface area contributed by atoms with Gasteiger partial charge in [0.25, 0.3) is 0 Å². The van der Waals surface area contributed by atoms with Crippen molar-refractivity contribution in [1.82, 2.24) is 0 Å². The third kappa shape index (κ3) is 1.50. The minimum absolute atomic E-state index is 0.175. The number of ether oxygens (including phenoxy) is 2. The summed E-state index contributed by atoms with van der Waals surface area (Å²) in [7, 11) is 0. The second-order valence-corrected chi connectivity index (χ2v) is 4.33. The van der Waals surface area contributed by atoms with Crippen LogP contribution in [0, 0.1) is 5.92 Å². The fourth-order valence-corrected chi connectivity index (χ4v) is 2.17. The molecule has 2 aliphatic rings. The summed E-state index contributed by atoms with van der Waals surface area (Å²) in [6.07, 6.45) is 5.01. The van der Waals surface area contributed by atoms with Crippen molar-refractivity contribution in [2.75, 3.05) is 6.61 Å². The van der Waals surface area contributed by atoms with E-state index in [1.165, 1.54) is 12.8 Å². The fourth-order valence-electron chi connectivity index (χ4n) is 2.17. The molecule has 1 aliphatic carbocycles. The van der Waals surface area contributed by atoms with Crippen LogP contribution in [0.1, 0.15) is 39.5 Å². The van der Waals surface area contributed by atoms with Gasteiger partial charge in [-0.3, -0.25) is 0 Å². The summed E-state index contributed by atoms with van der Waals surface area (Å²) in [4.78, 5) is 0. The molecule has 0 amide bonds. The second-order valence-electron chi connectivity index (χ2n) is 4.33. The van der Waals surface area contributed by atoms with Gasteiger partial charge in [0.2, 0.25) is 0 Å². The Morgan fingerprint density at radius 1 is 1.17 bits per heavy atom. The summed E-state index contributed by atoms with van der Waals surface area (Å²) in [6, 6.07) is 0. The largest absolute Gasteiger partial charge is 0.347 e. The molecule has 0 bridgehead atoms. The van der Waals surface area contributed by atoms with E-state index in [0.717, 1.165) is 25.4 Å². The zero-order chi connectivity index (χ0) is 8.60. The lowest BCUT2D eigenvalue weighted by Crippen LogP contribution is -2.35. The van der Waals surface area contributed by atoms with Crippen molar-refractivity contribution in [2.45, 2.75) is 51.4 Å². The highest BCUT2D eigenvalue weighted by Crippen LogP contribution is 2.39. The first-order valence-electron chi connectivity index (χ1n) is 5.02. The van der Waals surface area contributed by atoms with Gasteiger partial charge in [0, 0.05) is 12.8 Å². The first kappa shape index (κ1) is 8.52. The molecule has 2 rings (SSSR count). The van der Waals surface area contributed by atoms with Crippen LogP contribution in [0.5, 0.6) is 0 Å². The van der Waals surface area contributed by atoms with E-state index in [1.54, 1.807) is 0 Å². The maximum absolute atomic E-state index is 5.82. The normalized spacial score (nSPS) is 48.5. The van der Waals surface area contributed by atoms with E-state index in [-0.39, 0.29) is 5.79 Å². The summed E-state index contributed by atoms with van der Waals surface area (Å²) in [5, 5.41) is 0. The van der Waals surface area contributed by atoms with Crippen molar-refractivity contribution in [3.63, 3.8) is 0 Å². The van der Waals surface area contributed by atoms with Crippen molar-refractivity contribution < 1.29 is 9.47 Å². The van der Waals surface area contributed by atoms with Crippen LogP contribution in [-0.2, 0) is 9.47 Å². The van der Waals surface area contributed by atoms with Gasteiger partial charge in [0.15, 0.2) is 5.79 Å². The zero-order valence-corrected chi connectivity index (χ0v) is 8.01. The Bertz CT molecular complexity index is 159. The fraction of sp³-hybridized carbons (Fsp3) is 1.00. The first-order valence-corrected chi connectivity index (χ1v) is 5.02. The SMILES string of the molecule is CC1CCC2(CC1)OC[C@@H](C)O2. The van der Waals surface area contributed by atoms with Gasteiger partial charge in [-0.1, -0.05) is 6.92 Å². The molecule has 1 spiro atoms. The second kappa shape index (κ2) is 3.00. The predicted octanol–water partition coefficient (Wildman–Crippen LogP) is 2.33. The van der Waals surface area contributed by atoms with E-state index in [9.17, 15) is 0 Å². The molecular formula is C10H18O2. The van der Waals surface area contributed by atoms with Crippen LogP contribution in [0.2, 0.25) is 0 Å². The maximum Gasteiger partial charge on any atom is 0.168 e. The number of hydrogen-bond donors (Lipinski definition) is 0. The van der Waals surface area contributed by atoms with E-state index < -0.39 is 0 Å². The molecule has 0 unspecified atom stereocenters. The molecule has 2 nitrogen and oxygen atoms in total. The third-order valence-electron chi connectivity index (χ3n) is 3.03. The van der Waals surface area contributed by atoms with Crippen LogP contribution in [0.15, 0.2) is 0 Å². The lowest BCUT2D eigenvalue weighted by molar-refractivity contribution is -0.190. The molecule has 2 fully saturated rings. The minimum atomic E-state index is -0.175. The van der Waals surface area contributed by atoms with Crippen LogP contribution in [0.3, 0.4) is 0 Å². The van der Waals surface area contributed by atoms with Crippen LogP contribution in [0.25, 0.3) is 0 Å². The molecule has 1 aliphatic heterocycles. The Morgan fingerprint density at radius 2 is 1.83 bits per heavy atom. The van der Waals surface area contributed by atoms with Gasteiger partial charge in [-0.2, -0.15) is 0 Å². The minimum Gasteiger partial charge on any atom is -0.347 e. The molecule has 0 N–H and O–H groups in total. The van der Waals surface area contributed by atoms with Gasteiger partial charge >= 0.3 is 0 Å². The molecule has 70 valence electrons. The van der Waals surface area contributed by atoms with Gasteiger partial charge in [-0.05, 0) is 25.7 Å². The van der Waals surface area contributed by atoms with E-state index in [1.807, 2.05) is 0 Å². The van der Waals surface area contributed by atoms with E-state index in [0.29, 0.717) is 6.10 Å². The topological polar surface area (TPSA) is 18.5 Å². The highest BCUT2D eigenvalue weighted by Gasteiger charge is 2.41. The molecule has 0 aromatic carbocycles. The van der Waals surface area contributed by atoms with Crippen molar-refractivity contribution in [2.24, 2.45) is 5.92 Å². The molecule has 0 aromatic heterocycles. The number of rotatable bonds is 0. The van der Waals surface area contributed by atoms with Gasteiger partial charge in [-0.25, -0.2) is 0 Å². The lowest BCUT2D eigenvalue weighted by atomic mass is 9.86. The predicted molar refractivity (Wildman–Crippen MR) is 46.9 cm³/mol. The third-order valence-corrected chi connectivity index (χ3v) is 3.03. The van der Waals surface area contributed by atoms with E-state index >= 15 is 0 Å². The van der Waals surface area contributed by atoms with E-state index in [4.69, 9.17) is 9.47 Å². The molecule has 1 heterocycles. The van der Waals surface area contributed by atoms with Crippen molar-refractivity contribution in [3.05, 3.63) is 0 Å². The first-order chi connectivity index (χ1) is 5.70. The Labute approximate surface area is 74.2 Å². The lowest BCUT2D eigenvalue weighted by Gasteiger charge is -2.34. The van der Waals surface area contributed by atoms with E-state index in [2.05, 4.69) is 13.8 Å². The Balaban J connectivity index is 1.95. The quantitative estimate of drug-likeness (QED) is 0.555. The van der Waals surface area contributed by atoms with Crippen LogP contribution >= 0.6 is 0 Å². The summed E-state index contributed by atoms with van der Waals surface area (Å²) in [6.45, 7) is 5.19. The van der Waals surface area contributed by atoms with Gasteiger partial charge in [0.05, 0.1) is 12.7 Å². The Hall–Kier alpha value is -0.0800. The van der Waals surface area contributed by atoms with Gasteiger partial charge in [0.1, 0.15) is 0 Å². The standard InChI is InChI=1S/C10H18O2/c1-8-3-5-10(6-4-8)11-7-9(2)12-10/h8-9H,3-7H2,1-2H3/t8?,9-,10?/m1/s1. The van der Waals surface area contributed by atoms with Gasteiger partial charge < -0.3 is 9.47 Å². The molecule has 1 saturated carbocycles. The van der Waals surface area contributed by atoms with Gasteiger partial charge in [-0.15, -0.1) is 0 Å². The summed E-state index contributed by atoms with van der Waals surface area (Å²) < 4.78 is 11.5. The van der Waals surface area contributed by atoms with Crippen molar-refractivity contribution >= 4 is 0 Å². The molecule has 12 heavy (non-hydrogen) atoms. The van der Waals surface area contributed by atoms with Crippen molar-refractivity contribution in [3.8, 4) is 0 Å². The molecule has 1 saturated heterocycles. The number of hydrogen-bond acceptors (Lipinski definition) is 2. The molecule has 0 aromatic rings. The van der Waals surface area contributed by atoms with Crippen molar-refractivity contribution in [1.29, 1.82) is 0 Å². The van der Waals surface area contributed by atoms with Crippen LogP contribution in [-0.4, -0.2) is 18.5 Å². The van der Waals surface area contributed by atoms with Crippen LogP contribution in [0.4, 0.5) is 0 Å². The average molecular weight is 170 g/mol. The zero-order valence-electron chi connectivity index (χ0n) is 8.01.